The lowest BCUT2D eigenvalue weighted by molar-refractivity contribution is 0.106. The molecule has 4 heteroatoms. The van der Waals surface area contributed by atoms with Gasteiger partial charge in [0.05, 0.1) is 25.5 Å². The van der Waals surface area contributed by atoms with Gasteiger partial charge in [0.25, 0.3) is 0 Å². The maximum Gasteiger partial charge on any atom is 0.119 e. The van der Waals surface area contributed by atoms with Crippen LogP contribution >= 0.6 is 0 Å². The molecule has 2 unspecified atom stereocenters. The average Bonchev–Trinajstić information content (AvgIpc) is 2.75. The van der Waals surface area contributed by atoms with Crippen LogP contribution < -0.4 is 10.1 Å². The van der Waals surface area contributed by atoms with Crippen molar-refractivity contribution >= 4 is 6.21 Å². The van der Waals surface area contributed by atoms with Crippen LogP contribution in [0.5, 0.6) is 5.75 Å². The summed E-state index contributed by atoms with van der Waals surface area (Å²) in [7, 11) is 1.69. The van der Waals surface area contributed by atoms with E-state index in [1.807, 2.05) is 44.3 Å². The van der Waals surface area contributed by atoms with Crippen molar-refractivity contribution in [2.75, 3.05) is 20.3 Å². The number of hydrogen-bond donors (Lipinski definition) is 1. The summed E-state index contributed by atoms with van der Waals surface area (Å²) in [6, 6.07) is 8.17. The lowest BCUT2D eigenvalue weighted by Gasteiger charge is -2.26. The number of allylic oxidation sites excluding steroid dienone is 2. The van der Waals surface area contributed by atoms with E-state index >= 15 is 0 Å². The van der Waals surface area contributed by atoms with E-state index in [1.165, 1.54) is 0 Å². The number of nitrogens with one attached hydrogen (secondary N) is 1. The molecule has 1 aliphatic rings. The standard InChI is InChI=1S/C25H36N2O2/c1-6-19(2)16-26-21(4)25-11-10-22(17-27-25)14-20(3)12-13-29-18-23-8-7-9-24(15-23)28-5/h6-11,15-16,20,22,25,27H,4,12-14,17-18H2,1-3,5H3/b19-6-,26-16-/t20?,22-,25?/m1/s1. The van der Waals surface area contributed by atoms with Crippen LogP contribution in [0, 0.1) is 11.8 Å². The predicted molar refractivity (Wildman–Crippen MR) is 123 cm³/mol. The Kier molecular flexibility index (Phi) is 9.89. The van der Waals surface area contributed by atoms with Crippen LogP contribution in [0.3, 0.4) is 0 Å². The first-order valence-electron chi connectivity index (χ1n) is 10.5. The van der Waals surface area contributed by atoms with Crippen LogP contribution in [-0.2, 0) is 11.3 Å². The molecule has 1 aromatic carbocycles. The number of hydrogen-bond acceptors (Lipinski definition) is 4. The Bertz CT molecular complexity index is 736. The highest BCUT2D eigenvalue weighted by Gasteiger charge is 2.18. The molecule has 2 rings (SSSR count). The molecule has 0 aromatic heterocycles. The smallest absolute Gasteiger partial charge is 0.119 e. The van der Waals surface area contributed by atoms with Crippen molar-refractivity contribution in [1.82, 2.24) is 5.32 Å². The summed E-state index contributed by atoms with van der Waals surface area (Å²) in [5.41, 5.74) is 3.15. The van der Waals surface area contributed by atoms with Crippen LogP contribution in [0.2, 0.25) is 0 Å². The van der Waals surface area contributed by atoms with Gasteiger partial charge in [0.15, 0.2) is 0 Å². The first-order valence-corrected chi connectivity index (χ1v) is 10.5. The molecule has 29 heavy (non-hydrogen) atoms. The van der Waals surface area contributed by atoms with Crippen molar-refractivity contribution in [3.05, 3.63) is 65.9 Å². The van der Waals surface area contributed by atoms with Gasteiger partial charge in [0.1, 0.15) is 5.75 Å². The first-order chi connectivity index (χ1) is 14.0. The molecule has 0 spiro atoms. The van der Waals surface area contributed by atoms with Crippen LogP contribution in [0.4, 0.5) is 0 Å². The van der Waals surface area contributed by atoms with Crippen LogP contribution in [-0.4, -0.2) is 32.5 Å². The van der Waals surface area contributed by atoms with E-state index in [2.05, 4.69) is 42.0 Å². The first kappa shape index (κ1) is 23.1. The van der Waals surface area contributed by atoms with E-state index in [0.717, 1.165) is 48.6 Å². The van der Waals surface area contributed by atoms with Gasteiger partial charge in [0.2, 0.25) is 0 Å². The summed E-state index contributed by atoms with van der Waals surface area (Å²) in [5, 5.41) is 3.55. The predicted octanol–water partition coefficient (Wildman–Crippen LogP) is 5.32. The number of nitrogens with zero attached hydrogens (tertiary/aromatic N) is 1. The fourth-order valence-corrected chi connectivity index (χ4v) is 3.28. The highest BCUT2D eigenvalue weighted by atomic mass is 16.5. The van der Waals surface area contributed by atoms with E-state index in [-0.39, 0.29) is 6.04 Å². The fraction of sp³-hybridized carbons (Fsp3) is 0.480. The zero-order chi connectivity index (χ0) is 21.1. The zero-order valence-corrected chi connectivity index (χ0v) is 18.4. The Balaban J connectivity index is 1.67. The van der Waals surface area contributed by atoms with Gasteiger partial charge >= 0.3 is 0 Å². The molecule has 1 aliphatic heterocycles. The number of ether oxygens (including phenoxy) is 2. The maximum atomic E-state index is 5.86. The second-order valence-corrected chi connectivity index (χ2v) is 7.85. The molecule has 3 atom stereocenters. The molecule has 1 aromatic rings. The van der Waals surface area contributed by atoms with E-state index in [1.54, 1.807) is 7.11 Å². The second kappa shape index (κ2) is 12.4. The minimum atomic E-state index is 0.133. The Hall–Kier alpha value is -2.17. The highest BCUT2D eigenvalue weighted by molar-refractivity contribution is 5.78. The van der Waals surface area contributed by atoms with Gasteiger partial charge in [-0.3, -0.25) is 4.99 Å². The van der Waals surface area contributed by atoms with Crippen molar-refractivity contribution in [2.24, 2.45) is 16.8 Å². The molecule has 0 saturated heterocycles. The van der Waals surface area contributed by atoms with Crippen molar-refractivity contribution in [2.45, 2.75) is 46.3 Å². The number of methoxy groups -OCH3 is 1. The van der Waals surface area contributed by atoms with Crippen molar-refractivity contribution in [3.63, 3.8) is 0 Å². The average molecular weight is 397 g/mol. The summed E-state index contributed by atoms with van der Waals surface area (Å²) >= 11 is 0. The maximum absolute atomic E-state index is 5.86. The van der Waals surface area contributed by atoms with Crippen LogP contribution in [0.25, 0.3) is 0 Å². The molecule has 0 saturated carbocycles. The fourth-order valence-electron chi connectivity index (χ4n) is 3.28. The monoisotopic (exact) mass is 396 g/mol. The molecule has 1 heterocycles. The van der Waals surface area contributed by atoms with Crippen LogP contribution in [0.15, 0.2) is 65.3 Å². The quantitative estimate of drug-likeness (QED) is 0.313. The Morgan fingerprint density at radius 1 is 1.38 bits per heavy atom. The van der Waals surface area contributed by atoms with Gasteiger partial charge in [-0.25, -0.2) is 0 Å². The molecule has 0 radical (unpaired) electrons. The number of aliphatic imine (C=N–C) groups is 1. The molecule has 0 fully saturated rings. The minimum Gasteiger partial charge on any atom is -0.497 e. The molecule has 0 bridgehead atoms. The normalized spacial score (nSPS) is 20.8. The van der Waals surface area contributed by atoms with Crippen molar-refractivity contribution < 1.29 is 9.47 Å². The summed E-state index contributed by atoms with van der Waals surface area (Å²) in [6.45, 7) is 12.8. The Morgan fingerprint density at radius 2 is 2.21 bits per heavy atom. The molecule has 4 nitrogen and oxygen atoms in total. The SMILES string of the molecule is C=C(/N=C\C(C)=C/C)C1C=C[C@H](CC(C)CCOCc2cccc(OC)c2)CN1. The highest BCUT2D eigenvalue weighted by Crippen LogP contribution is 2.21. The summed E-state index contributed by atoms with van der Waals surface area (Å²) < 4.78 is 11.1. The Labute approximate surface area is 176 Å². The minimum absolute atomic E-state index is 0.133. The zero-order valence-electron chi connectivity index (χ0n) is 18.4. The molecule has 1 N–H and O–H groups in total. The van der Waals surface area contributed by atoms with E-state index in [9.17, 15) is 0 Å². The third-order valence-electron chi connectivity index (χ3n) is 5.29. The van der Waals surface area contributed by atoms with Crippen molar-refractivity contribution in [3.8, 4) is 5.75 Å². The van der Waals surface area contributed by atoms with Gasteiger partial charge in [-0.2, -0.15) is 0 Å². The Morgan fingerprint density at radius 3 is 2.90 bits per heavy atom. The second-order valence-electron chi connectivity index (χ2n) is 7.85. The number of rotatable bonds is 11. The largest absolute Gasteiger partial charge is 0.497 e. The van der Waals surface area contributed by atoms with Gasteiger partial charge in [0, 0.05) is 19.4 Å². The van der Waals surface area contributed by atoms with Gasteiger partial charge in [-0.1, -0.05) is 43.9 Å². The summed E-state index contributed by atoms with van der Waals surface area (Å²) in [6.07, 6.45) is 10.7. The lowest BCUT2D eigenvalue weighted by atomic mass is 9.90. The van der Waals surface area contributed by atoms with E-state index in [4.69, 9.17) is 9.47 Å². The summed E-state index contributed by atoms with van der Waals surface area (Å²) in [4.78, 5) is 4.46. The van der Waals surface area contributed by atoms with Gasteiger partial charge < -0.3 is 14.8 Å². The van der Waals surface area contributed by atoms with Crippen molar-refractivity contribution in [1.29, 1.82) is 0 Å². The van der Waals surface area contributed by atoms with Gasteiger partial charge in [-0.15, -0.1) is 0 Å². The third kappa shape index (κ3) is 8.38. The van der Waals surface area contributed by atoms with Gasteiger partial charge in [-0.05, 0) is 61.8 Å². The molecule has 0 amide bonds. The van der Waals surface area contributed by atoms with Crippen LogP contribution in [0.1, 0.15) is 39.2 Å². The number of benzene rings is 1. The molecule has 0 aliphatic carbocycles. The van der Waals surface area contributed by atoms with E-state index in [0.29, 0.717) is 18.4 Å². The molecular formula is C25H36N2O2. The molecule has 158 valence electrons. The van der Waals surface area contributed by atoms with E-state index < -0.39 is 0 Å². The topological polar surface area (TPSA) is 42.9 Å². The third-order valence-corrected chi connectivity index (χ3v) is 5.29. The summed E-state index contributed by atoms with van der Waals surface area (Å²) in [5.74, 6) is 2.04. The lowest BCUT2D eigenvalue weighted by Crippen LogP contribution is -2.36. The molecular weight excluding hydrogens is 360 g/mol.